The van der Waals surface area contributed by atoms with Gasteiger partial charge in [-0.15, -0.1) is 11.3 Å². The monoisotopic (exact) mass is 515 g/mol. The van der Waals surface area contributed by atoms with E-state index in [1.807, 2.05) is 38.1 Å². The lowest BCUT2D eigenvalue weighted by Gasteiger charge is -2.18. The summed E-state index contributed by atoms with van der Waals surface area (Å²) in [5.74, 6) is -0.751. The molecule has 0 fully saturated rings. The number of carbonyl (C=O) groups excluding carboxylic acids is 3. The Kier molecular flexibility index (Phi) is 8.84. The van der Waals surface area contributed by atoms with Crippen LogP contribution in [0.4, 0.5) is 0 Å². The Hall–Kier alpha value is -3.43. The van der Waals surface area contributed by atoms with Gasteiger partial charge >= 0.3 is 5.97 Å². The van der Waals surface area contributed by atoms with E-state index in [1.54, 1.807) is 17.5 Å². The Morgan fingerprint density at radius 1 is 1.11 bits per heavy atom. The summed E-state index contributed by atoms with van der Waals surface area (Å²) < 4.78 is 10.3. The fourth-order valence-corrected chi connectivity index (χ4v) is 4.26. The summed E-state index contributed by atoms with van der Waals surface area (Å²) in [6, 6.07) is 11.4. The summed E-state index contributed by atoms with van der Waals surface area (Å²) in [4.78, 5) is 41.2. The van der Waals surface area contributed by atoms with Gasteiger partial charge in [0, 0.05) is 30.0 Å². The number of likely N-dealkylation sites (N-methyl/N-ethyl adjacent to an activating group) is 1. The molecule has 0 saturated carbocycles. The van der Waals surface area contributed by atoms with Crippen molar-refractivity contribution in [3.05, 3.63) is 69.7 Å². The molecule has 3 rings (SSSR count). The van der Waals surface area contributed by atoms with Gasteiger partial charge in [0.2, 0.25) is 5.91 Å². The van der Waals surface area contributed by atoms with Crippen molar-refractivity contribution in [2.75, 3.05) is 14.2 Å². The van der Waals surface area contributed by atoms with E-state index < -0.39 is 17.9 Å². The van der Waals surface area contributed by atoms with E-state index in [0.29, 0.717) is 21.3 Å². The fraction of sp³-hybridized carbons (Fsp3) is 0.280. The Bertz CT molecular complexity index is 1210. The number of methoxy groups -OCH3 is 1. The first-order valence-corrected chi connectivity index (χ1v) is 12.1. The zero-order valence-corrected chi connectivity index (χ0v) is 21.3. The molecule has 0 aliphatic carbocycles. The van der Waals surface area contributed by atoms with Crippen LogP contribution in [-0.2, 0) is 16.0 Å². The number of aromatic nitrogens is 1. The van der Waals surface area contributed by atoms with Crippen molar-refractivity contribution in [1.29, 1.82) is 0 Å². The lowest BCUT2D eigenvalue weighted by atomic mass is 10.0. The molecule has 10 heteroatoms. The third-order valence-electron chi connectivity index (χ3n) is 4.96. The molecule has 0 spiro atoms. The van der Waals surface area contributed by atoms with E-state index in [1.165, 1.54) is 31.6 Å². The molecular weight excluding hydrogens is 490 g/mol. The molecule has 0 unspecified atom stereocenters. The van der Waals surface area contributed by atoms with Crippen LogP contribution in [0.2, 0.25) is 5.02 Å². The minimum atomic E-state index is -0.797. The third kappa shape index (κ3) is 6.80. The minimum absolute atomic E-state index is 0.0540. The molecule has 1 aromatic heterocycles. The van der Waals surface area contributed by atoms with Crippen LogP contribution in [0, 0.1) is 0 Å². The van der Waals surface area contributed by atoms with E-state index in [2.05, 4.69) is 15.6 Å². The average Bonchev–Trinajstić information content (AvgIpc) is 3.34. The molecule has 0 aliphatic heterocycles. The Labute approximate surface area is 212 Å². The maximum absolute atomic E-state index is 12.8. The molecule has 2 amide bonds. The fourth-order valence-electron chi connectivity index (χ4n) is 3.24. The van der Waals surface area contributed by atoms with Gasteiger partial charge < -0.3 is 20.1 Å². The number of hydrogen-bond acceptors (Lipinski definition) is 7. The molecule has 3 aromatic rings. The number of ether oxygens (including phenoxy) is 2. The van der Waals surface area contributed by atoms with Crippen molar-refractivity contribution >= 4 is 40.7 Å². The summed E-state index contributed by atoms with van der Waals surface area (Å²) in [6.07, 6.45) is 0.223. The minimum Gasteiger partial charge on any atom is -0.489 e. The largest absolute Gasteiger partial charge is 0.489 e. The molecule has 2 aromatic carbocycles. The van der Waals surface area contributed by atoms with Gasteiger partial charge in [0.1, 0.15) is 16.8 Å². The Balaban J connectivity index is 1.72. The predicted octanol–water partition coefficient (Wildman–Crippen LogP) is 4.12. The van der Waals surface area contributed by atoms with Crippen LogP contribution >= 0.6 is 22.9 Å². The lowest BCUT2D eigenvalue weighted by molar-refractivity contribution is -0.122. The van der Waals surface area contributed by atoms with Gasteiger partial charge in [-0.3, -0.25) is 9.59 Å². The first kappa shape index (κ1) is 26.2. The maximum Gasteiger partial charge on any atom is 0.357 e. The number of halogens is 1. The highest BCUT2D eigenvalue weighted by Gasteiger charge is 2.22. The van der Waals surface area contributed by atoms with Gasteiger partial charge in [0.15, 0.2) is 5.69 Å². The SMILES string of the molecule is CNC(=O)[C@H](Cc1ccc(-c2nc(C(=O)OC)cs2)cc1)NC(=O)c1ccc(OC(C)C)c(Cl)c1. The van der Waals surface area contributed by atoms with Gasteiger partial charge in [0.25, 0.3) is 5.91 Å². The molecule has 0 aliphatic rings. The third-order valence-corrected chi connectivity index (χ3v) is 6.15. The van der Waals surface area contributed by atoms with Crippen molar-refractivity contribution in [3.63, 3.8) is 0 Å². The molecule has 8 nitrogen and oxygen atoms in total. The number of benzene rings is 2. The summed E-state index contributed by atoms with van der Waals surface area (Å²) in [6.45, 7) is 3.77. The van der Waals surface area contributed by atoms with Crippen LogP contribution in [0.15, 0.2) is 47.8 Å². The van der Waals surface area contributed by atoms with Crippen LogP contribution in [0.25, 0.3) is 10.6 Å². The van der Waals surface area contributed by atoms with Crippen molar-refractivity contribution in [2.45, 2.75) is 32.4 Å². The normalized spacial score (nSPS) is 11.6. The number of amides is 2. The highest BCUT2D eigenvalue weighted by Crippen LogP contribution is 2.27. The number of hydrogen-bond donors (Lipinski definition) is 2. The van der Waals surface area contributed by atoms with E-state index >= 15 is 0 Å². The standard InChI is InChI=1S/C25H26ClN3O5S/c1-14(2)34-21-10-9-17(12-18(21)26)22(30)28-19(23(31)27-3)11-15-5-7-16(8-6-15)24-29-20(13-35-24)25(32)33-4/h5-10,12-14,19H,11H2,1-4H3,(H,27,31)(H,28,30)/t19-/m0/s1. The second kappa shape index (κ2) is 11.8. The zero-order valence-electron chi connectivity index (χ0n) is 19.8. The molecule has 1 heterocycles. The van der Waals surface area contributed by atoms with Gasteiger partial charge in [0.05, 0.1) is 18.2 Å². The smallest absolute Gasteiger partial charge is 0.357 e. The average molecular weight is 516 g/mol. The molecule has 35 heavy (non-hydrogen) atoms. The van der Waals surface area contributed by atoms with Crippen molar-refractivity contribution in [1.82, 2.24) is 15.6 Å². The number of rotatable bonds is 9. The maximum atomic E-state index is 12.8. The van der Waals surface area contributed by atoms with E-state index in [-0.39, 0.29) is 24.1 Å². The molecule has 184 valence electrons. The highest BCUT2D eigenvalue weighted by atomic mass is 35.5. The molecule has 0 saturated heterocycles. The van der Waals surface area contributed by atoms with Gasteiger partial charge in [-0.1, -0.05) is 35.9 Å². The van der Waals surface area contributed by atoms with Crippen LogP contribution in [-0.4, -0.2) is 49.1 Å². The van der Waals surface area contributed by atoms with E-state index in [4.69, 9.17) is 21.1 Å². The number of nitrogens with one attached hydrogen (secondary N) is 2. The second-order valence-corrected chi connectivity index (χ2v) is 9.15. The van der Waals surface area contributed by atoms with Gasteiger partial charge in [-0.05, 0) is 37.6 Å². The van der Waals surface area contributed by atoms with Crippen LogP contribution in [0.5, 0.6) is 5.75 Å². The van der Waals surface area contributed by atoms with Gasteiger partial charge in [-0.25, -0.2) is 9.78 Å². The summed E-state index contributed by atoms with van der Waals surface area (Å²) in [7, 11) is 2.82. The van der Waals surface area contributed by atoms with Crippen LogP contribution in [0.3, 0.4) is 0 Å². The topological polar surface area (TPSA) is 107 Å². The van der Waals surface area contributed by atoms with E-state index in [9.17, 15) is 14.4 Å². The Morgan fingerprint density at radius 2 is 1.83 bits per heavy atom. The molecule has 0 radical (unpaired) electrons. The summed E-state index contributed by atoms with van der Waals surface area (Å²) >= 11 is 7.58. The Morgan fingerprint density at radius 3 is 2.43 bits per heavy atom. The highest BCUT2D eigenvalue weighted by molar-refractivity contribution is 7.13. The molecule has 2 N–H and O–H groups in total. The first-order valence-electron chi connectivity index (χ1n) is 10.8. The van der Waals surface area contributed by atoms with Crippen molar-refractivity contribution < 1.29 is 23.9 Å². The van der Waals surface area contributed by atoms with Crippen LogP contribution < -0.4 is 15.4 Å². The zero-order chi connectivity index (χ0) is 25.5. The lowest BCUT2D eigenvalue weighted by Crippen LogP contribution is -2.47. The quantitative estimate of drug-likeness (QED) is 0.415. The molecule has 1 atom stereocenters. The summed E-state index contributed by atoms with van der Waals surface area (Å²) in [5, 5.41) is 8.00. The number of nitrogens with zero attached hydrogens (tertiary/aromatic N) is 1. The number of thiazole rings is 1. The first-order chi connectivity index (χ1) is 16.7. The summed E-state index contributed by atoms with van der Waals surface area (Å²) in [5.41, 5.74) is 2.24. The number of esters is 1. The molecular formula is C25H26ClN3O5S. The second-order valence-electron chi connectivity index (χ2n) is 7.88. The van der Waals surface area contributed by atoms with Crippen molar-refractivity contribution in [2.24, 2.45) is 0 Å². The molecule has 0 bridgehead atoms. The van der Waals surface area contributed by atoms with Crippen molar-refractivity contribution in [3.8, 4) is 16.3 Å². The van der Waals surface area contributed by atoms with Crippen LogP contribution in [0.1, 0.15) is 40.3 Å². The number of carbonyl (C=O) groups is 3. The van der Waals surface area contributed by atoms with E-state index in [0.717, 1.165) is 11.1 Å². The predicted molar refractivity (Wildman–Crippen MR) is 135 cm³/mol. The van der Waals surface area contributed by atoms with Gasteiger partial charge in [-0.2, -0.15) is 0 Å².